The van der Waals surface area contributed by atoms with E-state index in [1.165, 1.54) is 31.7 Å². The van der Waals surface area contributed by atoms with Gasteiger partial charge in [-0.05, 0) is 148 Å². The van der Waals surface area contributed by atoms with Crippen LogP contribution in [-0.2, 0) is 34.2 Å². The maximum Gasteiger partial charge on any atom is 0.340 e. The first-order valence-electron chi connectivity index (χ1n) is 26.7. The van der Waals surface area contributed by atoms with Gasteiger partial charge >= 0.3 is 17.9 Å². The lowest BCUT2D eigenvalue weighted by atomic mass is 9.77. The maximum atomic E-state index is 13.7. The summed E-state index contributed by atoms with van der Waals surface area (Å²) in [6, 6.07) is 31.2. The van der Waals surface area contributed by atoms with Crippen LogP contribution in [0.5, 0.6) is 28.7 Å². The second-order valence-electron chi connectivity index (χ2n) is 19.8. The fraction of sp³-hybridized carbons (Fsp3) is 0.283. The van der Waals surface area contributed by atoms with Gasteiger partial charge in [-0.2, -0.15) is 0 Å². The number of amides is 2. The van der Waals surface area contributed by atoms with Crippen molar-refractivity contribution in [3.8, 4) is 51.5 Å². The number of rotatable bonds is 20. The summed E-state index contributed by atoms with van der Waals surface area (Å²) in [6.07, 6.45) is 0.829. The van der Waals surface area contributed by atoms with Crippen molar-refractivity contribution >= 4 is 89.3 Å². The molecule has 20 nitrogen and oxygen atoms in total. The summed E-state index contributed by atoms with van der Waals surface area (Å²) in [7, 11) is 2.16. The molecule has 0 unspecified atom stereocenters. The summed E-state index contributed by atoms with van der Waals surface area (Å²) in [5.74, 6) is 0.541. The Kier molecular flexibility index (Phi) is 16.4. The van der Waals surface area contributed by atoms with E-state index in [2.05, 4.69) is 93.6 Å². The van der Waals surface area contributed by atoms with Crippen molar-refractivity contribution in [3.63, 3.8) is 0 Å². The van der Waals surface area contributed by atoms with Crippen LogP contribution < -0.4 is 34.5 Å². The molecule has 0 bridgehead atoms. The smallest absolute Gasteiger partial charge is 0.340 e. The third-order valence-electron chi connectivity index (χ3n) is 14.2. The molecule has 3 aliphatic heterocycles. The quantitative estimate of drug-likeness (QED) is 0.0316. The average Bonchev–Trinajstić information content (AvgIpc) is 1.72. The number of H-pyrrole nitrogens is 2. The third kappa shape index (κ3) is 11.7. The van der Waals surface area contributed by atoms with Crippen LogP contribution in [0.1, 0.15) is 64.1 Å². The molecule has 1 fully saturated rings. The molecule has 0 radical (unpaired) electrons. The standard InChI is InChI=1S/C60H56Br2N8O12/c1-34(71)79-49-18-14-42-54(52(49)61)81-55-43(15-19-50(53(55)62)80-35(2)72)60(42)44-31-38(8-13-41(44)59(75)82-60)58(74)64-21-28-77-30-29-76-27-20-63-51(73)5-4-26-78-40-11-6-36(7-12-40)56-65-45-16-9-37(32-47(45)67-56)57-66-46-17-10-39(33-48(46)68-57)70-24-22-69(3)23-25-70/h6-19,31-33H,4-5,20-30H2,1-3H3,(H,63,73)(H,64,74)(H,65,67)(H,66,68). The first-order valence-corrected chi connectivity index (χ1v) is 28.3. The summed E-state index contributed by atoms with van der Waals surface area (Å²) in [4.78, 5) is 85.1. The lowest BCUT2D eigenvalue weighted by Crippen LogP contribution is -2.44. The summed E-state index contributed by atoms with van der Waals surface area (Å²) in [5, 5.41) is 5.71. The number of piperazine rings is 1. The molecule has 3 aliphatic rings. The van der Waals surface area contributed by atoms with Crippen molar-refractivity contribution in [2.75, 3.05) is 84.3 Å². The predicted octanol–water partition coefficient (Wildman–Crippen LogP) is 9.21. The summed E-state index contributed by atoms with van der Waals surface area (Å²) >= 11 is 7.01. The van der Waals surface area contributed by atoms with Gasteiger partial charge in [-0.1, -0.05) is 0 Å². The van der Waals surface area contributed by atoms with E-state index in [9.17, 15) is 24.0 Å². The fourth-order valence-electron chi connectivity index (χ4n) is 10.2. The molecule has 1 spiro atoms. The minimum absolute atomic E-state index is 0.107. The van der Waals surface area contributed by atoms with Gasteiger partial charge in [0.15, 0.2) is 17.1 Å². The number of nitrogens with one attached hydrogen (secondary N) is 4. The van der Waals surface area contributed by atoms with Gasteiger partial charge in [0.2, 0.25) is 5.91 Å². The van der Waals surface area contributed by atoms with E-state index in [0.717, 1.165) is 71.0 Å². The van der Waals surface area contributed by atoms with E-state index < -0.39 is 29.4 Å². The minimum atomic E-state index is -1.64. The van der Waals surface area contributed by atoms with Gasteiger partial charge in [0.1, 0.15) is 37.8 Å². The Morgan fingerprint density at radius 3 is 1.90 bits per heavy atom. The molecule has 422 valence electrons. The zero-order valence-electron chi connectivity index (χ0n) is 45.0. The van der Waals surface area contributed by atoms with E-state index in [0.29, 0.717) is 55.0 Å². The molecule has 4 N–H and O–H groups in total. The van der Waals surface area contributed by atoms with Crippen LogP contribution in [0.15, 0.2) is 112 Å². The molecular weight excluding hydrogens is 1180 g/mol. The number of esters is 3. The maximum absolute atomic E-state index is 13.7. The monoisotopic (exact) mass is 1240 g/mol. The molecule has 5 heterocycles. The van der Waals surface area contributed by atoms with Crippen LogP contribution in [0.25, 0.3) is 44.8 Å². The second-order valence-corrected chi connectivity index (χ2v) is 21.4. The van der Waals surface area contributed by atoms with E-state index in [4.69, 9.17) is 43.1 Å². The van der Waals surface area contributed by atoms with Crippen molar-refractivity contribution in [1.29, 1.82) is 0 Å². The van der Waals surface area contributed by atoms with Crippen LogP contribution in [0, 0.1) is 0 Å². The molecular formula is C60H56Br2N8O12. The van der Waals surface area contributed by atoms with Crippen molar-refractivity contribution in [3.05, 3.63) is 140 Å². The average molecular weight is 1240 g/mol. The molecule has 82 heavy (non-hydrogen) atoms. The van der Waals surface area contributed by atoms with Crippen LogP contribution in [-0.4, -0.2) is 134 Å². The predicted molar refractivity (Wildman–Crippen MR) is 311 cm³/mol. The summed E-state index contributed by atoms with van der Waals surface area (Å²) in [5.41, 5.74) is 6.73. The van der Waals surface area contributed by atoms with E-state index in [1.807, 2.05) is 36.4 Å². The number of hydrogen-bond donors (Lipinski definition) is 4. The van der Waals surface area contributed by atoms with E-state index in [-0.39, 0.29) is 75.3 Å². The molecule has 11 rings (SSSR count). The number of halogens is 2. The van der Waals surface area contributed by atoms with Gasteiger partial charge in [0.25, 0.3) is 5.91 Å². The lowest BCUT2D eigenvalue weighted by Gasteiger charge is -2.37. The second kappa shape index (κ2) is 24.1. The van der Waals surface area contributed by atoms with Crippen LogP contribution in [0.4, 0.5) is 5.69 Å². The highest BCUT2D eigenvalue weighted by atomic mass is 79.9. The number of benzene rings is 6. The zero-order chi connectivity index (χ0) is 57.1. The van der Waals surface area contributed by atoms with Crippen molar-refractivity contribution in [2.45, 2.75) is 32.3 Å². The number of imidazole rings is 2. The van der Waals surface area contributed by atoms with Gasteiger partial charge in [0, 0.05) is 98.6 Å². The first kappa shape index (κ1) is 55.7. The zero-order valence-corrected chi connectivity index (χ0v) is 48.1. The molecule has 8 aromatic rings. The van der Waals surface area contributed by atoms with Crippen LogP contribution in [0.2, 0.25) is 0 Å². The van der Waals surface area contributed by atoms with Gasteiger partial charge in [-0.15, -0.1) is 0 Å². The molecule has 0 saturated carbocycles. The Bertz CT molecular complexity index is 3710. The molecule has 22 heteroatoms. The van der Waals surface area contributed by atoms with E-state index >= 15 is 0 Å². The molecule has 6 aromatic carbocycles. The number of aromatic nitrogens is 4. The SMILES string of the molecule is CC(=O)Oc1ccc2c(c1Br)Oc1c(ccc(OC(C)=O)c1Br)C21OC(=O)c2ccc(C(=O)NCCOCCOCCNC(=O)CCCOc3ccc(-c4nc5ccc(-c6nc7ccc(N8CCN(C)CC8)cc7[nH]6)cc5[nH]4)cc3)cc21. The number of anilines is 1. The lowest BCUT2D eigenvalue weighted by molar-refractivity contribution is -0.132. The number of likely N-dealkylation sites (N-methyl/N-ethyl adjacent to an activating group) is 1. The number of ether oxygens (including phenoxy) is 7. The molecule has 0 atom stereocenters. The van der Waals surface area contributed by atoms with Gasteiger partial charge < -0.3 is 63.6 Å². The topological polar surface area (TPSA) is 238 Å². The van der Waals surface area contributed by atoms with Gasteiger partial charge in [-0.25, -0.2) is 14.8 Å². The van der Waals surface area contributed by atoms with Crippen LogP contribution in [0.3, 0.4) is 0 Å². The van der Waals surface area contributed by atoms with Gasteiger partial charge in [0.05, 0.1) is 60.7 Å². The number of nitrogens with zero attached hydrogens (tertiary/aromatic N) is 4. The van der Waals surface area contributed by atoms with E-state index in [1.54, 1.807) is 30.3 Å². The van der Waals surface area contributed by atoms with Gasteiger partial charge in [-0.3, -0.25) is 19.2 Å². The van der Waals surface area contributed by atoms with Crippen LogP contribution >= 0.6 is 31.9 Å². The minimum Gasteiger partial charge on any atom is -0.494 e. The number of carbonyl (C=O) groups is 5. The Labute approximate surface area is 487 Å². The highest BCUT2D eigenvalue weighted by Gasteiger charge is 2.55. The summed E-state index contributed by atoms with van der Waals surface area (Å²) in [6.45, 7) is 8.53. The number of aromatic amines is 2. The normalized spacial score (nSPS) is 14.2. The molecule has 2 amide bonds. The molecule has 2 aromatic heterocycles. The molecule has 1 saturated heterocycles. The fourth-order valence-corrected chi connectivity index (χ4v) is 11.2. The Morgan fingerprint density at radius 2 is 1.26 bits per heavy atom. The van der Waals surface area contributed by atoms with Crippen molar-refractivity contribution < 1.29 is 57.1 Å². The number of carbonyl (C=O) groups excluding carboxylic acids is 5. The largest absolute Gasteiger partial charge is 0.494 e. The number of hydrogen-bond acceptors (Lipinski definition) is 16. The van der Waals surface area contributed by atoms with Crippen molar-refractivity contribution in [1.82, 2.24) is 35.5 Å². The Balaban J connectivity index is 0.592. The summed E-state index contributed by atoms with van der Waals surface area (Å²) < 4.78 is 41.2. The third-order valence-corrected chi connectivity index (χ3v) is 15.7. The Morgan fingerprint density at radius 1 is 0.659 bits per heavy atom. The molecule has 0 aliphatic carbocycles. The highest BCUT2D eigenvalue weighted by molar-refractivity contribution is 9.11. The Hall–Kier alpha value is -8.15. The van der Waals surface area contributed by atoms with Crippen molar-refractivity contribution in [2.24, 2.45) is 0 Å². The first-order chi connectivity index (χ1) is 39.7. The number of fused-ring (bicyclic) bond motifs is 8. The highest BCUT2D eigenvalue weighted by Crippen LogP contribution is 2.61.